The monoisotopic (exact) mass is 489 g/mol. The zero-order chi connectivity index (χ0) is 24.1. The van der Waals surface area contributed by atoms with Gasteiger partial charge in [0.2, 0.25) is 0 Å². The fraction of sp³-hybridized carbons (Fsp3) is 0.240. The molecule has 0 saturated heterocycles. The van der Waals surface area contributed by atoms with Crippen LogP contribution in [0.2, 0.25) is 5.02 Å². The van der Waals surface area contributed by atoms with Gasteiger partial charge in [0.15, 0.2) is 0 Å². The van der Waals surface area contributed by atoms with E-state index in [9.17, 15) is 13.2 Å². The summed E-state index contributed by atoms with van der Waals surface area (Å²) in [7, 11) is 1.63. The van der Waals surface area contributed by atoms with Gasteiger partial charge in [-0.05, 0) is 67.1 Å². The zero-order valence-corrected chi connectivity index (χ0v) is 19.1. The van der Waals surface area contributed by atoms with Crippen LogP contribution in [0.15, 0.2) is 60.7 Å². The minimum atomic E-state index is -4.68. The second kappa shape index (κ2) is 10.4. The average Bonchev–Trinajstić information content (AvgIpc) is 2.80. The molecule has 3 aromatic carbocycles. The van der Waals surface area contributed by atoms with Crippen molar-refractivity contribution in [1.82, 2.24) is 10.3 Å². The quantitative estimate of drug-likeness (QED) is 0.206. The number of rotatable bonds is 9. The smallest absolute Gasteiger partial charge is 0.497 e. The van der Waals surface area contributed by atoms with Crippen molar-refractivity contribution in [1.29, 1.82) is 0 Å². The van der Waals surface area contributed by atoms with Crippen LogP contribution in [-0.4, -0.2) is 31.5 Å². The second-order valence-electron chi connectivity index (χ2n) is 7.68. The highest BCUT2D eigenvalue weighted by molar-refractivity contribution is 6.31. The van der Waals surface area contributed by atoms with Gasteiger partial charge in [0.05, 0.1) is 23.8 Å². The number of fused-ring (bicyclic) bond motifs is 2. The third kappa shape index (κ3) is 6.01. The Hall–Kier alpha value is -3.23. The number of anilines is 1. The number of aromatic nitrogens is 1. The molecule has 0 atom stereocenters. The van der Waals surface area contributed by atoms with Crippen LogP contribution >= 0.6 is 11.6 Å². The van der Waals surface area contributed by atoms with Crippen LogP contribution < -0.4 is 20.1 Å². The number of ether oxygens (including phenoxy) is 2. The predicted molar refractivity (Wildman–Crippen MR) is 129 cm³/mol. The van der Waals surface area contributed by atoms with E-state index in [-0.39, 0.29) is 5.75 Å². The second-order valence-corrected chi connectivity index (χ2v) is 8.12. The molecule has 34 heavy (non-hydrogen) atoms. The fourth-order valence-electron chi connectivity index (χ4n) is 3.68. The predicted octanol–water partition coefficient (Wildman–Crippen LogP) is 6.54. The number of benzene rings is 3. The topological polar surface area (TPSA) is 55.4 Å². The maximum absolute atomic E-state index is 12.3. The molecule has 178 valence electrons. The molecule has 5 nitrogen and oxygen atoms in total. The van der Waals surface area contributed by atoms with Crippen molar-refractivity contribution in [2.24, 2.45) is 0 Å². The minimum Gasteiger partial charge on any atom is -0.497 e. The van der Waals surface area contributed by atoms with Crippen LogP contribution in [0.5, 0.6) is 11.5 Å². The van der Waals surface area contributed by atoms with Crippen molar-refractivity contribution < 1.29 is 22.6 Å². The number of nitrogens with zero attached hydrogens (tertiary/aromatic N) is 1. The van der Waals surface area contributed by atoms with E-state index in [1.54, 1.807) is 19.2 Å². The standard InChI is InChI=1S/C25H23ClF3N3O2/c1-33-19-8-10-22-21(14-19)24(20-9-5-17(26)13-23(20)32-22)31-12-2-11-30-15-16-3-6-18(7-4-16)34-25(27,28)29/h3-10,13-14,30H,2,11-12,15H2,1H3,(H,31,32). The number of hydrogen-bond donors (Lipinski definition) is 2. The molecule has 1 heterocycles. The summed E-state index contributed by atoms with van der Waals surface area (Å²) < 4.78 is 46.1. The first kappa shape index (κ1) is 23.9. The van der Waals surface area contributed by atoms with Crippen LogP contribution in [0.4, 0.5) is 18.9 Å². The molecule has 0 bridgehead atoms. The first-order valence-corrected chi connectivity index (χ1v) is 11.1. The van der Waals surface area contributed by atoms with Gasteiger partial charge in [0.25, 0.3) is 0 Å². The number of methoxy groups -OCH3 is 1. The largest absolute Gasteiger partial charge is 0.573 e. The van der Waals surface area contributed by atoms with Gasteiger partial charge < -0.3 is 20.1 Å². The molecule has 0 fully saturated rings. The molecule has 0 spiro atoms. The van der Waals surface area contributed by atoms with E-state index in [4.69, 9.17) is 21.3 Å². The maximum Gasteiger partial charge on any atom is 0.573 e. The summed E-state index contributed by atoms with van der Waals surface area (Å²) in [6.07, 6.45) is -3.85. The Kier molecular flexibility index (Phi) is 7.29. The molecule has 1 aromatic heterocycles. The van der Waals surface area contributed by atoms with Crippen molar-refractivity contribution in [2.75, 3.05) is 25.5 Å². The number of hydrogen-bond acceptors (Lipinski definition) is 5. The Morgan fingerprint density at radius 2 is 1.65 bits per heavy atom. The molecule has 0 aliphatic rings. The lowest BCUT2D eigenvalue weighted by Gasteiger charge is -2.14. The minimum absolute atomic E-state index is 0.227. The Balaban J connectivity index is 1.37. The van der Waals surface area contributed by atoms with Gasteiger partial charge in [-0.3, -0.25) is 0 Å². The normalized spacial score (nSPS) is 11.7. The molecule has 0 saturated carbocycles. The number of halogens is 4. The molecule has 0 aliphatic carbocycles. The Bertz CT molecular complexity index is 1280. The molecule has 4 aromatic rings. The molecule has 2 N–H and O–H groups in total. The molecule has 0 radical (unpaired) electrons. The summed E-state index contributed by atoms with van der Waals surface area (Å²) in [6.45, 7) is 1.98. The Labute approximate surface area is 199 Å². The van der Waals surface area contributed by atoms with E-state index in [1.807, 2.05) is 36.4 Å². The lowest BCUT2D eigenvalue weighted by Crippen LogP contribution is -2.18. The first-order valence-electron chi connectivity index (χ1n) is 10.7. The number of pyridine rings is 1. The summed E-state index contributed by atoms with van der Waals surface area (Å²) in [4.78, 5) is 4.73. The highest BCUT2D eigenvalue weighted by Crippen LogP contribution is 2.34. The van der Waals surface area contributed by atoms with Crippen molar-refractivity contribution in [3.63, 3.8) is 0 Å². The van der Waals surface area contributed by atoms with Crippen LogP contribution in [0, 0.1) is 0 Å². The Morgan fingerprint density at radius 3 is 2.38 bits per heavy atom. The van der Waals surface area contributed by atoms with E-state index >= 15 is 0 Å². The van der Waals surface area contributed by atoms with Crippen molar-refractivity contribution in [3.8, 4) is 11.5 Å². The van der Waals surface area contributed by atoms with Crippen LogP contribution in [0.3, 0.4) is 0 Å². The summed E-state index contributed by atoms with van der Waals surface area (Å²) in [6, 6.07) is 17.2. The van der Waals surface area contributed by atoms with Gasteiger partial charge in [-0.1, -0.05) is 23.7 Å². The van der Waals surface area contributed by atoms with Crippen molar-refractivity contribution in [3.05, 3.63) is 71.2 Å². The highest BCUT2D eigenvalue weighted by Gasteiger charge is 2.30. The summed E-state index contributed by atoms with van der Waals surface area (Å²) in [5.41, 5.74) is 3.49. The molecule has 0 aliphatic heterocycles. The first-order chi connectivity index (χ1) is 16.3. The molecule has 0 unspecified atom stereocenters. The van der Waals surface area contributed by atoms with Crippen LogP contribution in [0.25, 0.3) is 21.8 Å². The summed E-state index contributed by atoms with van der Waals surface area (Å²) in [5, 5.41) is 9.39. The highest BCUT2D eigenvalue weighted by atomic mass is 35.5. The Morgan fingerprint density at radius 1 is 0.882 bits per heavy atom. The molecule has 0 amide bonds. The van der Waals surface area contributed by atoms with E-state index < -0.39 is 6.36 Å². The molecule has 4 rings (SSSR count). The third-order valence-corrected chi connectivity index (χ3v) is 5.50. The van der Waals surface area contributed by atoms with E-state index in [1.165, 1.54) is 12.1 Å². The van der Waals surface area contributed by atoms with Crippen molar-refractivity contribution in [2.45, 2.75) is 19.3 Å². The molecular weight excluding hydrogens is 467 g/mol. The summed E-state index contributed by atoms with van der Waals surface area (Å²) in [5.74, 6) is 0.522. The van der Waals surface area contributed by atoms with Gasteiger partial charge in [0, 0.05) is 28.9 Å². The van der Waals surface area contributed by atoms with Gasteiger partial charge in [-0.25, -0.2) is 4.98 Å². The average molecular weight is 490 g/mol. The van der Waals surface area contributed by atoms with E-state index in [0.29, 0.717) is 18.1 Å². The maximum atomic E-state index is 12.3. The van der Waals surface area contributed by atoms with E-state index in [2.05, 4.69) is 15.4 Å². The fourth-order valence-corrected chi connectivity index (χ4v) is 3.85. The summed E-state index contributed by atoms with van der Waals surface area (Å²) >= 11 is 6.17. The van der Waals surface area contributed by atoms with Crippen LogP contribution in [0.1, 0.15) is 12.0 Å². The number of nitrogens with one attached hydrogen (secondary N) is 2. The lowest BCUT2D eigenvalue weighted by atomic mass is 10.1. The third-order valence-electron chi connectivity index (χ3n) is 5.26. The number of alkyl halides is 3. The molecule has 9 heteroatoms. The van der Waals surface area contributed by atoms with Gasteiger partial charge in [0.1, 0.15) is 11.5 Å². The zero-order valence-electron chi connectivity index (χ0n) is 18.4. The molecular formula is C25H23ClF3N3O2. The SMILES string of the molecule is COc1ccc2nc3cc(Cl)ccc3c(NCCCNCc3ccc(OC(F)(F)F)cc3)c2c1. The van der Waals surface area contributed by atoms with Gasteiger partial charge in [-0.2, -0.15) is 0 Å². The van der Waals surface area contributed by atoms with Gasteiger partial charge >= 0.3 is 6.36 Å². The van der Waals surface area contributed by atoms with Crippen molar-refractivity contribution >= 4 is 39.1 Å². The van der Waals surface area contributed by atoms with Gasteiger partial charge in [-0.15, -0.1) is 13.2 Å². The van der Waals surface area contributed by atoms with E-state index in [0.717, 1.165) is 51.8 Å². The van der Waals surface area contributed by atoms with Crippen LogP contribution in [-0.2, 0) is 6.54 Å². The lowest BCUT2D eigenvalue weighted by molar-refractivity contribution is -0.274.